The molecule has 2 nitrogen and oxygen atoms in total. The summed E-state index contributed by atoms with van der Waals surface area (Å²) >= 11 is 0. The Balaban J connectivity index is 2.45. The summed E-state index contributed by atoms with van der Waals surface area (Å²) in [5.41, 5.74) is 3.25. The first-order valence-corrected chi connectivity index (χ1v) is 8.78. The summed E-state index contributed by atoms with van der Waals surface area (Å²) in [6.45, 7) is 7.10. The molecule has 0 aliphatic carbocycles. The molecule has 0 radical (unpaired) electrons. The number of methoxy groups -OCH3 is 1. The van der Waals surface area contributed by atoms with Gasteiger partial charge < -0.3 is 9.47 Å². The molecule has 0 bridgehead atoms. The van der Waals surface area contributed by atoms with Crippen molar-refractivity contribution < 1.29 is 9.47 Å². The average Bonchev–Trinajstić information content (AvgIpc) is 2.24. The van der Waals surface area contributed by atoms with Gasteiger partial charge in [0.1, 0.15) is 26.2 Å². The van der Waals surface area contributed by atoms with Gasteiger partial charge in [-0.15, -0.1) is 5.54 Å². The third-order valence-corrected chi connectivity index (χ3v) is 2.76. The predicted molar refractivity (Wildman–Crippen MR) is 69.6 cm³/mol. The Kier molecular flexibility index (Phi) is 4.45. The Morgan fingerprint density at radius 1 is 1.06 bits per heavy atom. The molecule has 0 aliphatic heterocycles. The number of ether oxygens (including phenoxy) is 2. The number of rotatable bonds is 3. The molecular formula is C13H18O2Si. The molecule has 0 atom stereocenters. The van der Waals surface area contributed by atoms with Gasteiger partial charge in [-0.3, -0.25) is 0 Å². The van der Waals surface area contributed by atoms with Gasteiger partial charge in [-0.2, -0.15) is 0 Å². The zero-order valence-electron chi connectivity index (χ0n) is 10.3. The van der Waals surface area contributed by atoms with E-state index in [0.29, 0.717) is 6.61 Å². The van der Waals surface area contributed by atoms with Gasteiger partial charge in [-0.25, -0.2) is 0 Å². The van der Waals surface area contributed by atoms with Crippen LogP contribution in [0.4, 0.5) is 0 Å². The smallest absolute Gasteiger partial charge is 0.148 e. The normalized spacial score (nSPS) is 10.2. The fourth-order valence-electron chi connectivity index (χ4n) is 1.09. The van der Waals surface area contributed by atoms with Crippen LogP contribution in [0.5, 0.6) is 11.5 Å². The van der Waals surface area contributed by atoms with E-state index in [2.05, 4.69) is 31.1 Å². The SMILES string of the molecule is COc1ccc(OCC#C[Si](C)(C)C)cc1. The highest BCUT2D eigenvalue weighted by Gasteiger charge is 2.06. The van der Waals surface area contributed by atoms with Crippen LogP contribution < -0.4 is 9.47 Å². The van der Waals surface area contributed by atoms with Crippen molar-refractivity contribution in [3.8, 4) is 23.0 Å². The quantitative estimate of drug-likeness (QED) is 0.591. The Bertz CT molecular complexity index is 379. The van der Waals surface area contributed by atoms with Crippen LogP contribution in [0.25, 0.3) is 0 Å². The summed E-state index contributed by atoms with van der Waals surface area (Å²) < 4.78 is 10.6. The molecular weight excluding hydrogens is 216 g/mol. The van der Waals surface area contributed by atoms with E-state index in [1.165, 1.54) is 0 Å². The predicted octanol–water partition coefficient (Wildman–Crippen LogP) is 2.95. The molecule has 0 aromatic heterocycles. The van der Waals surface area contributed by atoms with E-state index in [0.717, 1.165) is 11.5 Å². The van der Waals surface area contributed by atoms with Gasteiger partial charge in [-0.1, -0.05) is 25.6 Å². The van der Waals surface area contributed by atoms with Gasteiger partial charge in [0.2, 0.25) is 0 Å². The maximum absolute atomic E-state index is 5.49. The molecule has 0 aliphatic rings. The number of hydrogen-bond donors (Lipinski definition) is 0. The van der Waals surface area contributed by atoms with E-state index in [1.54, 1.807) is 7.11 Å². The van der Waals surface area contributed by atoms with Crippen molar-refractivity contribution >= 4 is 8.07 Å². The first kappa shape index (κ1) is 12.7. The summed E-state index contributed by atoms with van der Waals surface area (Å²) in [7, 11) is 0.377. The molecule has 0 saturated heterocycles. The molecule has 0 amide bonds. The first-order chi connectivity index (χ1) is 7.51. The zero-order chi connectivity index (χ0) is 12.0. The lowest BCUT2D eigenvalue weighted by Crippen LogP contribution is -2.16. The average molecular weight is 234 g/mol. The molecule has 16 heavy (non-hydrogen) atoms. The topological polar surface area (TPSA) is 18.5 Å². The van der Waals surface area contributed by atoms with Gasteiger partial charge in [0.25, 0.3) is 0 Å². The third kappa shape index (κ3) is 4.90. The lowest BCUT2D eigenvalue weighted by atomic mass is 10.3. The lowest BCUT2D eigenvalue weighted by Gasteiger charge is -2.05. The first-order valence-electron chi connectivity index (χ1n) is 5.28. The lowest BCUT2D eigenvalue weighted by molar-refractivity contribution is 0.368. The maximum Gasteiger partial charge on any atom is 0.148 e. The van der Waals surface area contributed by atoms with Crippen LogP contribution >= 0.6 is 0 Å². The Morgan fingerprint density at radius 3 is 2.12 bits per heavy atom. The van der Waals surface area contributed by atoms with Gasteiger partial charge in [0.15, 0.2) is 0 Å². The molecule has 0 saturated carbocycles. The molecule has 0 spiro atoms. The van der Waals surface area contributed by atoms with Crippen LogP contribution in [0.1, 0.15) is 0 Å². The van der Waals surface area contributed by atoms with E-state index in [1.807, 2.05) is 24.3 Å². The van der Waals surface area contributed by atoms with E-state index in [4.69, 9.17) is 9.47 Å². The minimum absolute atomic E-state index is 0.455. The monoisotopic (exact) mass is 234 g/mol. The van der Waals surface area contributed by atoms with Gasteiger partial charge in [0, 0.05) is 0 Å². The summed E-state index contributed by atoms with van der Waals surface area (Å²) in [6, 6.07) is 7.52. The second kappa shape index (κ2) is 5.62. The second-order valence-corrected chi connectivity index (χ2v) is 9.27. The van der Waals surface area contributed by atoms with E-state index in [-0.39, 0.29) is 0 Å². The molecule has 0 heterocycles. The van der Waals surface area contributed by atoms with Crippen LogP contribution in [0.2, 0.25) is 19.6 Å². The minimum atomic E-state index is -1.27. The van der Waals surface area contributed by atoms with E-state index >= 15 is 0 Å². The Morgan fingerprint density at radius 2 is 1.62 bits per heavy atom. The largest absolute Gasteiger partial charge is 0.497 e. The van der Waals surface area contributed by atoms with Crippen LogP contribution in [0, 0.1) is 11.5 Å². The van der Waals surface area contributed by atoms with Crippen LogP contribution in [-0.4, -0.2) is 21.8 Å². The van der Waals surface area contributed by atoms with Crippen molar-refractivity contribution in [3.63, 3.8) is 0 Å². The standard InChI is InChI=1S/C13H18O2Si/c1-14-12-6-8-13(9-7-12)15-10-5-11-16(2,3)4/h6-9H,10H2,1-4H3. The van der Waals surface area contributed by atoms with E-state index < -0.39 is 8.07 Å². The molecule has 86 valence electrons. The fraction of sp³-hybridized carbons (Fsp3) is 0.385. The Labute approximate surface area is 98.6 Å². The molecule has 0 fully saturated rings. The molecule has 1 aromatic carbocycles. The summed E-state index contributed by atoms with van der Waals surface area (Å²) in [5.74, 6) is 4.72. The molecule has 0 N–H and O–H groups in total. The minimum Gasteiger partial charge on any atom is -0.497 e. The maximum atomic E-state index is 5.49. The van der Waals surface area contributed by atoms with Crippen molar-refractivity contribution in [2.75, 3.05) is 13.7 Å². The van der Waals surface area contributed by atoms with E-state index in [9.17, 15) is 0 Å². The summed E-state index contributed by atoms with van der Waals surface area (Å²) in [4.78, 5) is 0. The highest BCUT2D eigenvalue weighted by atomic mass is 28.3. The second-order valence-electron chi connectivity index (χ2n) is 4.52. The van der Waals surface area contributed by atoms with Crippen molar-refractivity contribution in [3.05, 3.63) is 24.3 Å². The number of hydrogen-bond acceptors (Lipinski definition) is 2. The summed E-state index contributed by atoms with van der Waals surface area (Å²) in [6.07, 6.45) is 0. The molecule has 1 aromatic rings. The van der Waals surface area contributed by atoms with Crippen molar-refractivity contribution in [1.29, 1.82) is 0 Å². The van der Waals surface area contributed by atoms with Crippen molar-refractivity contribution in [2.45, 2.75) is 19.6 Å². The number of benzene rings is 1. The fourth-order valence-corrected chi connectivity index (χ4v) is 1.70. The van der Waals surface area contributed by atoms with Crippen LogP contribution in [0.3, 0.4) is 0 Å². The Hall–Kier alpha value is -1.40. The molecule has 3 heteroatoms. The zero-order valence-corrected chi connectivity index (χ0v) is 11.3. The summed E-state index contributed by atoms with van der Waals surface area (Å²) in [5, 5.41) is 0. The highest BCUT2D eigenvalue weighted by molar-refractivity contribution is 6.83. The van der Waals surface area contributed by atoms with Crippen molar-refractivity contribution in [2.24, 2.45) is 0 Å². The van der Waals surface area contributed by atoms with Gasteiger partial charge in [0.05, 0.1) is 7.11 Å². The van der Waals surface area contributed by atoms with Crippen molar-refractivity contribution in [1.82, 2.24) is 0 Å². The third-order valence-electron chi connectivity index (χ3n) is 1.83. The highest BCUT2D eigenvalue weighted by Crippen LogP contribution is 2.16. The van der Waals surface area contributed by atoms with Crippen LogP contribution in [-0.2, 0) is 0 Å². The molecule has 1 rings (SSSR count). The van der Waals surface area contributed by atoms with Gasteiger partial charge >= 0.3 is 0 Å². The van der Waals surface area contributed by atoms with Crippen LogP contribution in [0.15, 0.2) is 24.3 Å². The molecule has 0 unspecified atom stereocenters. The van der Waals surface area contributed by atoms with Gasteiger partial charge in [-0.05, 0) is 24.3 Å².